The van der Waals surface area contributed by atoms with Crippen LogP contribution in [0.15, 0.2) is 12.1 Å². The fourth-order valence-electron chi connectivity index (χ4n) is 4.12. The van der Waals surface area contributed by atoms with E-state index in [2.05, 4.69) is 25.8 Å². The number of rotatable bonds is 3. The van der Waals surface area contributed by atoms with Crippen LogP contribution in [0.1, 0.15) is 40.0 Å². The van der Waals surface area contributed by atoms with E-state index >= 15 is 0 Å². The van der Waals surface area contributed by atoms with E-state index in [0.717, 1.165) is 12.3 Å². The third-order valence-corrected chi connectivity index (χ3v) is 6.03. The molecule has 3 rings (SSSR count). The molecule has 1 heterocycles. The van der Waals surface area contributed by atoms with Crippen molar-refractivity contribution in [3.05, 3.63) is 12.1 Å². The Labute approximate surface area is 120 Å². The molecule has 2 fully saturated rings. The summed E-state index contributed by atoms with van der Waals surface area (Å²) in [5.74, 6) is 1.81. The maximum absolute atomic E-state index is 6.20. The standard InChI is InChI=1S/C16H24N2O2/c1-15(2)10-7-8-16(15,3)12(9-10)20-13-6-5-11(17)14(18-13)19-4/h5-6,10,12H,7-9,17H2,1-4H3. The summed E-state index contributed by atoms with van der Waals surface area (Å²) in [7, 11) is 1.57. The van der Waals surface area contributed by atoms with Crippen LogP contribution in [0.2, 0.25) is 0 Å². The molecule has 2 aliphatic carbocycles. The average molecular weight is 276 g/mol. The molecular formula is C16H24N2O2. The van der Waals surface area contributed by atoms with Gasteiger partial charge in [0.15, 0.2) is 0 Å². The molecule has 2 aliphatic rings. The van der Waals surface area contributed by atoms with Crippen LogP contribution in [0.25, 0.3) is 0 Å². The van der Waals surface area contributed by atoms with Crippen LogP contribution in [0.4, 0.5) is 5.69 Å². The molecule has 4 nitrogen and oxygen atoms in total. The van der Waals surface area contributed by atoms with Crippen molar-refractivity contribution < 1.29 is 9.47 Å². The summed E-state index contributed by atoms with van der Waals surface area (Å²) in [5, 5.41) is 0. The monoisotopic (exact) mass is 276 g/mol. The fourth-order valence-corrected chi connectivity index (χ4v) is 4.12. The highest BCUT2D eigenvalue weighted by Gasteiger charge is 2.62. The van der Waals surface area contributed by atoms with E-state index in [9.17, 15) is 0 Å². The van der Waals surface area contributed by atoms with Gasteiger partial charge in [0.2, 0.25) is 11.8 Å². The Bertz CT molecular complexity index is 529. The zero-order valence-corrected chi connectivity index (χ0v) is 12.8. The van der Waals surface area contributed by atoms with Gasteiger partial charge in [-0.3, -0.25) is 0 Å². The topological polar surface area (TPSA) is 57.4 Å². The fraction of sp³-hybridized carbons (Fsp3) is 0.688. The quantitative estimate of drug-likeness (QED) is 0.920. The van der Waals surface area contributed by atoms with E-state index < -0.39 is 0 Å². The molecular weight excluding hydrogens is 252 g/mol. The van der Waals surface area contributed by atoms with Crippen LogP contribution >= 0.6 is 0 Å². The molecule has 0 aromatic carbocycles. The van der Waals surface area contributed by atoms with Crippen molar-refractivity contribution in [2.45, 2.75) is 46.1 Å². The normalized spacial score (nSPS) is 34.2. The molecule has 1 aromatic heterocycles. The summed E-state index contributed by atoms with van der Waals surface area (Å²) >= 11 is 0. The van der Waals surface area contributed by atoms with Crippen molar-refractivity contribution >= 4 is 5.69 Å². The van der Waals surface area contributed by atoms with E-state index in [1.165, 1.54) is 12.8 Å². The lowest BCUT2D eigenvalue weighted by molar-refractivity contribution is 0.0270. The molecule has 110 valence electrons. The molecule has 0 amide bonds. The van der Waals surface area contributed by atoms with Gasteiger partial charge in [0.1, 0.15) is 6.10 Å². The molecule has 1 aromatic rings. The van der Waals surface area contributed by atoms with E-state index in [1.54, 1.807) is 13.2 Å². The Balaban J connectivity index is 1.83. The van der Waals surface area contributed by atoms with Gasteiger partial charge in [0.05, 0.1) is 12.8 Å². The lowest BCUT2D eigenvalue weighted by atomic mass is 9.70. The number of aromatic nitrogens is 1. The van der Waals surface area contributed by atoms with Crippen molar-refractivity contribution in [3.63, 3.8) is 0 Å². The highest BCUT2D eigenvalue weighted by molar-refractivity contribution is 5.49. The zero-order chi connectivity index (χ0) is 14.5. The number of hydrogen-bond acceptors (Lipinski definition) is 4. The number of nitrogens with two attached hydrogens (primary N) is 1. The first kappa shape index (κ1) is 13.5. The summed E-state index contributed by atoms with van der Waals surface area (Å²) in [5.41, 5.74) is 6.91. The van der Waals surface area contributed by atoms with Crippen LogP contribution in [-0.4, -0.2) is 18.2 Å². The number of pyridine rings is 1. The molecule has 20 heavy (non-hydrogen) atoms. The van der Waals surface area contributed by atoms with Gasteiger partial charge < -0.3 is 15.2 Å². The van der Waals surface area contributed by atoms with Crippen LogP contribution in [0.5, 0.6) is 11.8 Å². The van der Waals surface area contributed by atoms with Gasteiger partial charge in [-0.1, -0.05) is 20.8 Å². The molecule has 4 heteroatoms. The van der Waals surface area contributed by atoms with Gasteiger partial charge in [-0.25, -0.2) is 0 Å². The summed E-state index contributed by atoms with van der Waals surface area (Å²) < 4.78 is 11.4. The maximum atomic E-state index is 6.20. The van der Waals surface area contributed by atoms with Crippen LogP contribution in [0, 0.1) is 16.7 Å². The Morgan fingerprint density at radius 1 is 1.30 bits per heavy atom. The van der Waals surface area contributed by atoms with E-state index in [0.29, 0.717) is 22.9 Å². The third-order valence-electron chi connectivity index (χ3n) is 6.03. The van der Waals surface area contributed by atoms with Gasteiger partial charge in [-0.15, -0.1) is 0 Å². The Morgan fingerprint density at radius 2 is 2.05 bits per heavy atom. The van der Waals surface area contributed by atoms with Gasteiger partial charge in [-0.05, 0) is 36.7 Å². The molecule has 0 aliphatic heterocycles. The number of ether oxygens (including phenoxy) is 2. The van der Waals surface area contributed by atoms with Crippen LogP contribution in [0.3, 0.4) is 0 Å². The van der Waals surface area contributed by atoms with Crippen molar-refractivity contribution in [1.29, 1.82) is 0 Å². The van der Waals surface area contributed by atoms with Gasteiger partial charge in [0, 0.05) is 11.5 Å². The largest absolute Gasteiger partial charge is 0.479 e. The van der Waals surface area contributed by atoms with Crippen molar-refractivity contribution in [2.75, 3.05) is 12.8 Å². The number of anilines is 1. The highest BCUT2D eigenvalue weighted by atomic mass is 16.5. The molecule has 2 N–H and O–H groups in total. The first-order chi connectivity index (χ1) is 9.38. The third kappa shape index (κ3) is 1.70. The van der Waals surface area contributed by atoms with Crippen molar-refractivity contribution in [3.8, 4) is 11.8 Å². The van der Waals surface area contributed by atoms with Crippen LogP contribution < -0.4 is 15.2 Å². The van der Waals surface area contributed by atoms with Crippen LogP contribution in [-0.2, 0) is 0 Å². The summed E-state index contributed by atoms with van der Waals surface area (Å²) in [6, 6.07) is 3.63. The van der Waals surface area contributed by atoms with Gasteiger partial charge in [0.25, 0.3) is 0 Å². The lowest BCUT2D eigenvalue weighted by Crippen LogP contribution is -2.39. The van der Waals surface area contributed by atoms with Gasteiger partial charge >= 0.3 is 0 Å². The Kier molecular flexibility index (Phi) is 2.89. The summed E-state index contributed by atoms with van der Waals surface area (Å²) in [6.07, 6.45) is 3.92. The number of hydrogen-bond donors (Lipinski definition) is 1. The smallest absolute Gasteiger partial charge is 0.240 e. The van der Waals surface area contributed by atoms with Crippen molar-refractivity contribution in [2.24, 2.45) is 16.7 Å². The maximum Gasteiger partial charge on any atom is 0.240 e. The molecule has 2 saturated carbocycles. The molecule has 2 bridgehead atoms. The molecule has 0 saturated heterocycles. The predicted octanol–water partition coefficient (Wildman–Crippen LogP) is 3.27. The summed E-state index contributed by atoms with van der Waals surface area (Å²) in [4.78, 5) is 4.35. The molecule has 3 unspecified atom stereocenters. The second kappa shape index (κ2) is 4.27. The van der Waals surface area contributed by atoms with E-state index in [4.69, 9.17) is 15.2 Å². The van der Waals surface area contributed by atoms with Crippen molar-refractivity contribution in [1.82, 2.24) is 4.98 Å². The highest BCUT2D eigenvalue weighted by Crippen LogP contribution is 2.66. The first-order valence-corrected chi connectivity index (χ1v) is 7.35. The second-order valence-electron chi connectivity index (χ2n) is 6.96. The lowest BCUT2D eigenvalue weighted by Gasteiger charge is -2.38. The molecule has 0 radical (unpaired) electrons. The summed E-state index contributed by atoms with van der Waals surface area (Å²) in [6.45, 7) is 7.12. The minimum atomic E-state index is 0.230. The number of nitrogens with zero attached hydrogens (tertiary/aromatic N) is 1. The van der Waals surface area contributed by atoms with E-state index in [1.807, 2.05) is 6.07 Å². The predicted molar refractivity (Wildman–Crippen MR) is 78.8 cm³/mol. The van der Waals surface area contributed by atoms with E-state index in [-0.39, 0.29) is 11.5 Å². The minimum absolute atomic E-state index is 0.230. The zero-order valence-electron chi connectivity index (χ0n) is 12.8. The first-order valence-electron chi connectivity index (χ1n) is 7.35. The molecule has 0 spiro atoms. The number of methoxy groups -OCH3 is 1. The average Bonchev–Trinajstić information content (AvgIpc) is 2.74. The van der Waals surface area contributed by atoms with Gasteiger partial charge in [-0.2, -0.15) is 4.98 Å². The second-order valence-corrected chi connectivity index (χ2v) is 6.96. The number of nitrogen functional groups attached to an aromatic ring is 1. The minimum Gasteiger partial charge on any atom is -0.479 e. The Morgan fingerprint density at radius 3 is 2.60 bits per heavy atom. The Hall–Kier alpha value is -1.45. The molecule has 3 atom stereocenters. The SMILES string of the molecule is COc1nc(OC2CC3CCC2(C)C3(C)C)ccc1N. The number of fused-ring (bicyclic) bond motifs is 2.